The van der Waals surface area contributed by atoms with Crippen molar-refractivity contribution in [2.45, 2.75) is 31.4 Å². The number of nitrogens with one attached hydrogen (secondary N) is 1. The molecule has 32 heavy (non-hydrogen) atoms. The highest BCUT2D eigenvalue weighted by molar-refractivity contribution is 7.92. The molecule has 6 nitrogen and oxygen atoms in total. The number of benzene rings is 2. The van der Waals surface area contributed by atoms with Gasteiger partial charge in [-0.25, -0.2) is 0 Å². The largest absolute Gasteiger partial charge is 0.616 e. The van der Waals surface area contributed by atoms with Gasteiger partial charge in [-0.1, -0.05) is 30.3 Å². The van der Waals surface area contributed by atoms with Gasteiger partial charge in [-0.3, -0.25) is 14.5 Å². The maximum Gasteiger partial charge on any atom is 0.277 e. The fraction of sp³-hybridized carbons (Fsp3) is 0.440. The van der Waals surface area contributed by atoms with Crippen LogP contribution >= 0.6 is 0 Å². The Morgan fingerprint density at radius 1 is 1.03 bits per heavy atom. The van der Waals surface area contributed by atoms with Gasteiger partial charge < -0.3 is 14.8 Å². The second-order valence-electron chi connectivity index (χ2n) is 8.26. The number of hydrogen-bond donors (Lipinski definition) is 1. The molecule has 0 radical (unpaired) electrons. The SMILES string of the molecule is CC(C(=O)Nc1cccc(C(=O)CCCCN2CCN(c3ccccc3)CC2)c1)[S+](C)[O-]. The summed E-state index contributed by atoms with van der Waals surface area (Å²) in [5.74, 6) is -0.218. The van der Waals surface area contributed by atoms with Crippen molar-refractivity contribution in [1.29, 1.82) is 0 Å². The highest BCUT2D eigenvalue weighted by atomic mass is 32.2. The van der Waals surface area contributed by atoms with E-state index >= 15 is 0 Å². The molecule has 1 saturated heterocycles. The molecule has 1 aliphatic rings. The Kier molecular flexibility index (Phi) is 9.14. The van der Waals surface area contributed by atoms with E-state index in [1.165, 1.54) is 11.9 Å². The average molecular weight is 456 g/mol. The van der Waals surface area contributed by atoms with Gasteiger partial charge in [-0.15, -0.1) is 0 Å². The minimum absolute atomic E-state index is 0.0853. The van der Waals surface area contributed by atoms with Crippen LogP contribution in [-0.2, 0) is 16.0 Å². The smallest absolute Gasteiger partial charge is 0.277 e. The summed E-state index contributed by atoms with van der Waals surface area (Å²) in [6, 6.07) is 17.5. The summed E-state index contributed by atoms with van der Waals surface area (Å²) in [5.41, 5.74) is 2.45. The molecule has 2 atom stereocenters. The Morgan fingerprint density at radius 2 is 1.75 bits per heavy atom. The first kappa shape index (κ1) is 24.3. The number of unbranched alkanes of at least 4 members (excludes halogenated alkanes) is 1. The zero-order valence-electron chi connectivity index (χ0n) is 19.0. The van der Waals surface area contributed by atoms with Gasteiger partial charge >= 0.3 is 0 Å². The van der Waals surface area contributed by atoms with Crippen LogP contribution in [-0.4, -0.2) is 65.4 Å². The third-order valence-electron chi connectivity index (χ3n) is 5.94. The molecule has 0 aromatic heterocycles. The van der Waals surface area contributed by atoms with Crippen molar-refractivity contribution in [2.75, 3.05) is 49.2 Å². The van der Waals surface area contributed by atoms with E-state index in [4.69, 9.17) is 0 Å². The van der Waals surface area contributed by atoms with Gasteiger partial charge in [-0.2, -0.15) is 0 Å². The van der Waals surface area contributed by atoms with Crippen LogP contribution in [0.15, 0.2) is 54.6 Å². The second-order valence-corrected chi connectivity index (χ2v) is 9.96. The van der Waals surface area contributed by atoms with Gasteiger partial charge in [-0.05, 0) is 61.8 Å². The molecule has 0 saturated carbocycles. The molecule has 0 bridgehead atoms. The number of carbonyl (C=O) groups is 2. The number of piperazine rings is 1. The van der Waals surface area contributed by atoms with Crippen LogP contribution in [0.4, 0.5) is 11.4 Å². The van der Waals surface area contributed by atoms with Crippen LogP contribution in [0.3, 0.4) is 0 Å². The maximum atomic E-state index is 12.6. The Labute approximate surface area is 194 Å². The minimum atomic E-state index is -1.23. The third-order valence-corrected chi connectivity index (χ3v) is 7.15. The number of ketones is 1. The standard InChI is InChI=1S/C25H33N3O3S/c1-20(32(2)31)25(30)26-22-10-8-9-21(19-22)24(29)13-6-7-14-27-15-17-28(18-16-27)23-11-4-3-5-12-23/h3-5,8-12,19-20H,6-7,13-18H2,1-2H3,(H,26,30). The Morgan fingerprint density at radius 3 is 2.44 bits per heavy atom. The molecular weight excluding hydrogens is 422 g/mol. The normalized spacial score (nSPS) is 16.4. The zero-order chi connectivity index (χ0) is 22.9. The molecule has 0 spiro atoms. The number of carbonyl (C=O) groups excluding carboxylic acids is 2. The zero-order valence-corrected chi connectivity index (χ0v) is 19.8. The monoisotopic (exact) mass is 455 g/mol. The fourth-order valence-electron chi connectivity index (χ4n) is 3.80. The van der Waals surface area contributed by atoms with Crippen molar-refractivity contribution in [3.63, 3.8) is 0 Å². The van der Waals surface area contributed by atoms with E-state index in [2.05, 4.69) is 39.4 Å². The van der Waals surface area contributed by atoms with Crippen molar-refractivity contribution in [3.8, 4) is 0 Å². The fourth-order valence-corrected chi connectivity index (χ4v) is 4.16. The van der Waals surface area contributed by atoms with Crippen LogP contribution in [0, 0.1) is 0 Å². The van der Waals surface area contributed by atoms with Gasteiger partial charge in [0.25, 0.3) is 5.91 Å². The van der Waals surface area contributed by atoms with Gasteiger partial charge in [0.1, 0.15) is 0 Å². The first-order valence-electron chi connectivity index (χ1n) is 11.2. The van der Waals surface area contributed by atoms with Crippen LogP contribution in [0.1, 0.15) is 36.5 Å². The van der Waals surface area contributed by atoms with Crippen molar-refractivity contribution in [1.82, 2.24) is 4.90 Å². The van der Waals surface area contributed by atoms with Gasteiger partial charge in [0.15, 0.2) is 11.0 Å². The lowest BCUT2D eigenvalue weighted by molar-refractivity contribution is -0.115. The number of hydrogen-bond acceptors (Lipinski definition) is 5. The Bertz CT molecular complexity index is 883. The first-order chi connectivity index (χ1) is 15.4. The number of rotatable bonds is 10. The number of para-hydroxylation sites is 1. The number of anilines is 2. The minimum Gasteiger partial charge on any atom is -0.616 e. The van der Waals surface area contributed by atoms with Crippen LogP contribution in [0.5, 0.6) is 0 Å². The summed E-state index contributed by atoms with van der Waals surface area (Å²) < 4.78 is 11.5. The third kappa shape index (κ3) is 7.08. The molecule has 1 heterocycles. The summed E-state index contributed by atoms with van der Waals surface area (Å²) in [7, 11) is 0. The van der Waals surface area contributed by atoms with E-state index in [1.54, 1.807) is 31.2 Å². The van der Waals surface area contributed by atoms with Gasteiger partial charge in [0.05, 0.1) is 6.26 Å². The lowest BCUT2D eigenvalue weighted by atomic mass is 10.0. The molecular formula is C25H33N3O3S. The Hall–Kier alpha value is -2.35. The van der Waals surface area contributed by atoms with Crippen molar-refractivity contribution in [3.05, 3.63) is 60.2 Å². The summed E-state index contributed by atoms with van der Waals surface area (Å²) in [6.45, 7) is 6.80. The topological polar surface area (TPSA) is 75.7 Å². The number of amides is 1. The molecule has 1 N–H and O–H groups in total. The summed E-state index contributed by atoms with van der Waals surface area (Å²) in [6.07, 6.45) is 3.84. The lowest BCUT2D eigenvalue weighted by Gasteiger charge is -2.36. The predicted octanol–water partition coefficient (Wildman–Crippen LogP) is 3.57. The molecule has 3 rings (SSSR count). The van der Waals surface area contributed by atoms with E-state index in [1.807, 2.05) is 6.07 Å². The average Bonchev–Trinajstić information content (AvgIpc) is 2.82. The van der Waals surface area contributed by atoms with Crippen LogP contribution < -0.4 is 10.2 Å². The van der Waals surface area contributed by atoms with Gasteiger partial charge in [0, 0.05) is 49.5 Å². The van der Waals surface area contributed by atoms with Crippen LogP contribution in [0.25, 0.3) is 0 Å². The van der Waals surface area contributed by atoms with Crippen molar-refractivity contribution >= 4 is 34.2 Å². The highest BCUT2D eigenvalue weighted by Gasteiger charge is 2.22. The summed E-state index contributed by atoms with van der Waals surface area (Å²) in [4.78, 5) is 29.6. The molecule has 1 aliphatic heterocycles. The first-order valence-corrected chi connectivity index (χ1v) is 12.8. The number of Topliss-reactive ketones (excluding diaryl/α,β-unsaturated/α-hetero) is 1. The molecule has 0 aliphatic carbocycles. The van der Waals surface area contributed by atoms with E-state index < -0.39 is 16.4 Å². The molecule has 1 fully saturated rings. The highest BCUT2D eigenvalue weighted by Crippen LogP contribution is 2.17. The molecule has 2 unspecified atom stereocenters. The van der Waals surface area contributed by atoms with Crippen molar-refractivity contribution in [2.24, 2.45) is 0 Å². The quantitative estimate of drug-likeness (QED) is 0.337. The number of nitrogens with zero attached hydrogens (tertiary/aromatic N) is 2. The van der Waals surface area contributed by atoms with Crippen LogP contribution in [0.2, 0.25) is 0 Å². The van der Waals surface area contributed by atoms with Crippen molar-refractivity contribution < 1.29 is 14.1 Å². The van der Waals surface area contributed by atoms with E-state index in [0.717, 1.165) is 45.6 Å². The summed E-state index contributed by atoms with van der Waals surface area (Å²) >= 11 is -1.23. The Balaban J connectivity index is 1.38. The maximum absolute atomic E-state index is 12.6. The molecule has 172 valence electrons. The second kappa shape index (κ2) is 12.0. The van der Waals surface area contributed by atoms with E-state index in [-0.39, 0.29) is 11.7 Å². The summed E-state index contributed by atoms with van der Waals surface area (Å²) in [5, 5.41) is 2.16. The predicted molar refractivity (Wildman–Crippen MR) is 132 cm³/mol. The van der Waals surface area contributed by atoms with Gasteiger partial charge in [0.2, 0.25) is 0 Å². The van der Waals surface area contributed by atoms with E-state index in [0.29, 0.717) is 17.7 Å². The molecule has 2 aromatic carbocycles. The lowest BCUT2D eigenvalue weighted by Crippen LogP contribution is -2.46. The van der Waals surface area contributed by atoms with E-state index in [9.17, 15) is 14.1 Å². The molecule has 1 amide bonds. The molecule has 7 heteroatoms. The molecule has 2 aromatic rings.